The summed E-state index contributed by atoms with van der Waals surface area (Å²) < 4.78 is 5.26. The minimum Gasteiger partial charge on any atom is -0.385 e. The van der Waals surface area contributed by atoms with Crippen molar-refractivity contribution in [3.8, 4) is 0 Å². The number of methoxy groups -OCH3 is 1. The van der Waals surface area contributed by atoms with Crippen LogP contribution in [0.3, 0.4) is 0 Å². The van der Waals surface area contributed by atoms with Gasteiger partial charge < -0.3 is 20.3 Å². The Hall–Kier alpha value is -0.0800. The summed E-state index contributed by atoms with van der Waals surface area (Å²) in [6.45, 7) is 8.49. The van der Waals surface area contributed by atoms with Gasteiger partial charge in [0.1, 0.15) is 0 Å². The van der Waals surface area contributed by atoms with Crippen molar-refractivity contribution in [3.05, 3.63) is 0 Å². The van der Waals surface area contributed by atoms with Gasteiger partial charge in [0.25, 0.3) is 0 Å². The first-order valence-corrected chi connectivity index (χ1v) is 9.17. The van der Waals surface area contributed by atoms with Crippen LogP contribution in [0.15, 0.2) is 4.99 Å². The van der Waals surface area contributed by atoms with Crippen LogP contribution in [0.25, 0.3) is 0 Å². The molecule has 1 aliphatic carbocycles. The predicted octanol–water partition coefficient (Wildman–Crippen LogP) is 3.10. The summed E-state index contributed by atoms with van der Waals surface area (Å²) >= 11 is 0. The van der Waals surface area contributed by atoms with Crippen molar-refractivity contribution in [1.29, 1.82) is 0 Å². The van der Waals surface area contributed by atoms with Crippen molar-refractivity contribution in [1.82, 2.24) is 15.5 Å². The van der Waals surface area contributed by atoms with Gasteiger partial charge in [0.15, 0.2) is 5.96 Å². The molecule has 0 atom stereocenters. The fraction of sp³-hybridized carbons (Fsp3) is 0.944. The largest absolute Gasteiger partial charge is 0.385 e. The van der Waals surface area contributed by atoms with Gasteiger partial charge in [0.2, 0.25) is 0 Å². The lowest BCUT2D eigenvalue weighted by atomic mass is 9.67. The minimum absolute atomic E-state index is 0. The molecule has 0 spiro atoms. The lowest BCUT2D eigenvalue weighted by Gasteiger charge is -2.42. The van der Waals surface area contributed by atoms with Crippen LogP contribution in [0.1, 0.15) is 52.4 Å². The molecule has 1 fully saturated rings. The molecule has 0 unspecified atom stereocenters. The van der Waals surface area contributed by atoms with E-state index in [9.17, 15) is 0 Å². The van der Waals surface area contributed by atoms with Gasteiger partial charge >= 0.3 is 0 Å². The molecule has 0 aromatic heterocycles. The van der Waals surface area contributed by atoms with Crippen molar-refractivity contribution in [2.75, 3.05) is 47.4 Å². The fourth-order valence-corrected chi connectivity index (χ4v) is 2.95. The van der Waals surface area contributed by atoms with Crippen molar-refractivity contribution in [2.45, 2.75) is 58.4 Å². The van der Waals surface area contributed by atoms with E-state index in [4.69, 9.17) is 4.74 Å². The first-order valence-electron chi connectivity index (χ1n) is 9.17. The molecule has 0 saturated heterocycles. The Bertz CT molecular complexity index is 346. The van der Waals surface area contributed by atoms with Crippen LogP contribution in [0.2, 0.25) is 0 Å². The summed E-state index contributed by atoms with van der Waals surface area (Å²) in [5, 5.41) is 6.95. The van der Waals surface area contributed by atoms with Crippen LogP contribution in [-0.2, 0) is 4.74 Å². The number of ether oxygens (including phenoxy) is 1. The van der Waals surface area contributed by atoms with Gasteiger partial charge in [-0.25, -0.2) is 0 Å². The second kappa shape index (κ2) is 13.2. The number of unbranched alkanes of at least 4 members (excludes halogenated alkanes) is 1. The molecule has 2 N–H and O–H groups in total. The van der Waals surface area contributed by atoms with Crippen molar-refractivity contribution >= 4 is 29.9 Å². The molecule has 24 heavy (non-hydrogen) atoms. The Morgan fingerprint density at radius 1 is 1.25 bits per heavy atom. The van der Waals surface area contributed by atoms with Crippen LogP contribution in [0.5, 0.6) is 0 Å². The molecule has 0 bridgehead atoms. The molecule has 0 radical (unpaired) electrons. The Morgan fingerprint density at radius 3 is 2.46 bits per heavy atom. The molecule has 144 valence electrons. The summed E-state index contributed by atoms with van der Waals surface area (Å²) in [7, 11) is 5.83. The second-order valence-electron chi connectivity index (χ2n) is 7.23. The quantitative estimate of drug-likeness (QED) is 0.218. The third-order valence-electron chi connectivity index (χ3n) is 5.22. The molecule has 1 rings (SSSR count). The maximum absolute atomic E-state index is 5.26. The van der Waals surface area contributed by atoms with Crippen molar-refractivity contribution in [3.63, 3.8) is 0 Å². The zero-order valence-corrected chi connectivity index (χ0v) is 18.7. The molecule has 0 amide bonds. The highest BCUT2D eigenvalue weighted by atomic mass is 127. The van der Waals surface area contributed by atoms with E-state index in [1.165, 1.54) is 32.1 Å². The average molecular weight is 454 g/mol. The normalized spacial score (nSPS) is 16.7. The highest BCUT2D eigenvalue weighted by Crippen LogP contribution is 2.43. The van der Waals surface area contributed by atoms with Crippen LogP contribution in [-0.4, -0.2) is 64.3 Å². The SMILES string of the molecule is CN=C(NCCCCN(C)C(C)C)NCC1(CCOC)CCC1.I. The van der Waals surface area contributed by atoms with Gasteiger partial charge in [-0.05, 0) is 65.0 Å². The van der Waals surface area contributed by atoms with E-state index in [1.54, 1.807) is 7.11 Å². The highest BCUT2D eigenvalue weighted by molar-refractivity contribution is 14.0. The summed E-state index contributed by atoms with van der Waals surface area (Å²) in [6.07, 6.45) is 7.50. The van der Waals surface area contributed by atoms with E-state index in [2.05, 4.69) is 41.4 Å². The molecular formula is C18H39IN4O. The van der Waals surface area contributed by atoms with Crippen LogP contribution >= 0.6 is 24.0 Å². The van der Waals surface area contributed by atoms with E-state index >= 15 is 0 Å². The lowest BCUT2D eigenvalue weighted by molar-refractivity contribution is 0.0732. The van der Waals surface area contributed by atoms with E-state index in [0.717, 1.165) is 38.6 Å². The molecule has 0 heterocycles. The predicted molar refractivity (Wildman–Crippen MR) is 115 cm³/mol. The number of halogens is 1. The van der Waals surface area contributed by atoms with Gasteiger partial charge in [-0.2, -0.15) is 0 Å². The number of hydrogen-bond acceptors (Lipinski definition) is 3. The number of aliphatic imine (C=N–C) groups is 1. The summed E-state index contributed by atoms with van der Waals surface area (Å²) in [6, 6.07) is 0.628. The van der Waals surface area contributed by atoms with E-state index < -0.39 is 0 Å². The maximum Gasteiger partial charge on any atom is 0.190 e. The fourth-order valence-electron chi connectivity index (χ4n) is 2.95. The van der Waals surface area contributed by atoms with Crippen LogP contribution in [0, 0.1) is 5.41 Å². The number of hydrogen-bond donors (Lipinski definition) is 2. The molecular weight excluding hydrogens is 415 g/mol. The Kier molecular flexibility index (Phi) is 13.1. The van der Waals surface area contributed by atoms with Crippen molar-refractivity contribution < 1.29 is 4.74 Å². The van der Waals surface area contributed by atoms with Gasteiger partial charge in [-0.1, -0.05) is 6.42 Å². The van der Waals surface area contributed by atoms with Gasteiger partial charge in [0, 0.05) is 39.9 Å². The number of nitrogens with one attached hydrogen (secondary N) is 2. The molecule has 6 heteroatoms. The third kappa shape index (κ3) is 8.85. The maximum atomic E-state index is 5.26. The zero-order valence-electron chi connectivity index (χ0n) is 16.4. The van der Waals surface area contributed by atoms with E-state index in [0.29, 0.717) is 11.5 Å². The topological polar surface area (TPSA) is 48.9 Å². The van der Waals surface area contributed by atoms with Crippen LogP contribution in [0.4, 0.5) is 0 Å². The summed E-state index contributed by atoms with van der Waals surface area (Å²) in [4.78, 5) is 6.74. The Balaban J connectivity index is 0.00000529. The standard InChI is InChI=1S/C18H38N4O.HI/c1-16(2)22(4)13-7-6-12-20-17(19-3)21-15-18(9-8-10-18)11-14-23-5;/h16H,6-15H2,1-5H3,(H2,19,20,21);1H. The molecule has 0 aliphatic heterocycles. The zero-order chi connectivity index (χ0) is 17.1. The smallest absolute Gasteiger partial charge is 0.190 e. The lowest BCUT2D eigenvalue weighted by Crippen LogP contribution is -2.47. The minimum atomic E-state index is 0. The summed E-state index contributed by atoms with van der Waals surface area (Å²) in [5.41, 5.74) is 0.424. The van der Waals surface area contributed by atoms with Gasteiger partial charge in [-0.3, -0.25) is 4.99 Å². The monoisotopic (exact) mass is 454 g/mol. The summed E-state index contributed by atoms with van der Waals surface area (Å²) in [5.74, 6) is 0.936. The van der Waals surface area contributed by atoms with Crippen LogP contribution < -0.4 is 10.6 Å². The molecule has 1 aliphatic rings. The molecule has 1 saturated carbocycles. The first-order chi connectivity index (χ1) is 11.0. The molecule has 0 aromatic carbocycles. The van der Waals surface area contributed by atoms with Gasteiger partial charge in [-0.15, -0.1) is 24.0 Å². The number of rotatable bonds is 11. The van der Waals surface area contributed by atoms with E-state index in [1.807, 2.05) is 7.05 Å². The molecule has 0 aromatic rings. The van der Waals surface area contributed by atoms with Gasteiger partial charge in [0.05, 0.1) is 0 Å². The first kappa shape index (κ1) is 23.9. The number of nitrogens with zero attached hydrogens (tertiary/aromatic N) is 2. The van der Waals surface area contributed by atoms with E-state index in [-0.39, 0.29) is 24.0 Å². The van der Waals surface area contributed by atoms with Crippen molar-refractivity contribution in [2.24, 2.45) is 10.4 Å². The second-order valence-corrected chi connectivity index (χ2v) is 7.23. The third-order valence-corrected chi connectivity index (χ3v) is 5.22. The Morgan fingerprint density at radius 2 is 1.96 bits per heavy atom. The average Bonchev–Trinajstić information content (AvgIpc) is 2.50. The molecule has 5 nitrogen and oxygen atoms in total. The Labute approximate surface area is 166 Å². The number of guanidine groups is 1. The highest BCUT2D eigenvalue weighted by Gasteiger charge is 2.36.